The van der Waals surface area contributed by atoms with E-state index in [1.165, 1.54) is 12.2 Å². The molecular formula is C23H18BrNO3. The molecule has 0 heterocycles. The number of nitrogens with one attached hydrogen (secondary N) is 1. The van der Waals surface area contributed by atoms with E-state index in [1.807, 2.05) is 30.3 Å². The highest BCUT2D eigenvalue weighted by Gasteiger charge is 2.04. The second-order valence-electron chi connectivity index (χ2n) is 5.99. The molecule has 0 bridgehead atoms. The Hall–Kier alpha value is -3.18. The van der Waals surface area contributed by atoms with Gasteiger partial charge in [-0.15, -0.1) is 0 Å². The van der Waals surface area contributed by atoms with Gasteiger partial charge in [-0.05, 0) is 60.2 Å². The third kappa shape index (κ3) is 5.93. The van der Waals surface area contributed by atoms with Gasteiger partial charge in [0.15, 0.2) is 5.78 Å². The molecule has 1 amide bonds. The summed E-state index contributed by atoms with van der Waals surface area (Å²) in [5.41, 5.74) is 2.23. The van der Waals surface area contributed by atoms with E-state index in [0.717, 1.165) is 10.0 Å². The zero-order chi connectivity index (χ0) is 19.8. The third-order valence-corrected chi connectivity index (χ3v) is 4.41. The minimum Gasteiger partial charge on any atom is -0.489 e. The van der Waals surface area contributed by atoms with Crippen molar-refractivity contribution in [2.75, 3.05) is 5.32 Å². The second-order valence-corrected chi connectivity index (χ2v) is 6.91. The number of ether oxygens (including phenoxy) is 1. The fourth-order valence-corrected chi connectivity index (χ4v) is 2.69. The summed E-state index contributed by atoms with van der Waals surface area (Å²) in [6, 6.07) is 23.9. The Bertz CT molecular complexity index is 965. The first-order valence-corrected chi connectivity index (χ1v) is 9.45. The van der Waals surface area contributed by atoms with E-state index in [0.29, 0.717) is 23.6 Å². The number of rotatable bonds is 7. The first kappa shape index (κ1) is 19.6. The zero-order valence-electron chi connectivity index (χ0n) is 15.0. The first-order valence-electron chi connectivity index (χ1n) is 8.66. The van der Waals surface area contributed by atoms with E-state index in [2.05, 4.69) is 21.2 Å². The van der Waals surface area contributed by atoms with Gasteiger partial charge in [-0.2, -0.15) is 0 Å². The highest BCUT2D eigenvalue weighted by molar-refractivity contribution is 9.10. The van der Waals surface area contributed by atoms with E-state index < -0.39 is 0 Å². The lowest BCUT2D eigenvalue weighted by atomic mass is 10.1. The molecule has 0 unspecified atom stereocenters. The van der Waals surface area contributed by atoms with Crippen LogP contribution >= 0.6 is 15.9 Å². The molecular weight excluding hydrogens is 418 g/mol. The Morgan fingerprint density at radius 2 is 1.54 bits per heavy atom. The topological polar surface area (TPSA) is 55.4 Å². The Morgan fingerprint density at radius 3 is 2.21 bits per heavy atom. The summed E-state index contributed by atoms with van der Waals surface area (Å²) in [5.74, 6) is 0.110. The van der Waals surface area contributed by atoms with Gasteiger partial charge in [-0.25, -0.2) is 0 Å². The van der Waals surface area contributed by atoms with Gasteiger partial charge in [0, 0.05) is 21.8 Å². The molecule has 0 aromatic heterocycles. The second kappa shape index (κ2) is 9.67. The normalized spacial score (nSPS) is 10.6. The molecule has 0 aliphatic carbocycles. The van der Waals surface area contributed by atoms with Gasteiger partial charge in [0.25, 0.3) is 0 Å². The van der Waals surface area contributed by atoms with Gasteiger partial charge >= 0.3 is 0 Å². The fourth-order valence-electron chi connectivity index (χ4n) is 2.42. The fraction of sp³-hybridized carbons (Fsp3) is 0.0435. The van der Waals surface area contributed by atoms with Gasteiger partial charge in [0.1, 0.15) is 12.4 Å². The van der Waals surface area contributed by atoms with Crippen LogP contribution in [0.4, 0.5) is 5.69 Å². The standard InChI is InChI=1S/C23H18BrNO3/c24-19-8-6-18(7-9-19)22(26)14-15-23(27)25-20-10-12-21(13-11-20)28-16-17-4-2-1-3-5-17/h1-15H,16H2,(H,25,27)/b15-14+. The maximum atomic E-state index is 12.0. The number of benzene rings is 3. The first-order chi connectivity index (χ1) is 13.6. The number of carbonyl (C=O) groups excluding carboxylic acids is 2. The smallest absolute Gasteiger partial charge is 0.248 e. The average molecular weight is 436 g/mol. The molecule has 5 heteroatoms. The van der Waals surface area contributed by atoms with Crippen molar-refractivity contribution in [1.82, 2.24) is 0 Å². The number of amides is 1. The van der Waals surface area contributed by atoms with Gasteiger partial charge in [0.2, 0.25) is 5.91 Å². The molecule has 0 atom stereocenters. The molecule has 0 fully saturated rings. The van der Waals surface area contributed by atoms with Gasteiger partial charge in [-0.1, -0.05) is 46.3 Å². The summed E-state index contributed by atoms with van der Waals surface area (Å²) in [6.45, 7) is 0.480. The lowest BCUT2D eigenvalue weighted by molar-refractivity contribution is -0.111. The van der Waals surface area contributed by atoms with E-state index >= 15 is 0 Å². The van der Waals surface area contributed by atoms with Crippen LogP contribution in [-0.2, 0) is 11.4 Å². The number of halogens is 1. The van der Waals surface area contributed by atoms with Crippen LogP contribution in [0.1, 0.15) is 15.9 Å². The largest absolute Gasteiger partial charge is 0.489 e. The SMILES string of the molecule is O=C(/C=C/C(=O)c1ccc(Br)cc1)Nc1ccc(OCc2ccccc2)cc1. The zero-order valence-corrected chi connectivity index (χ0v) is 16.6. The highest BCUT2D eigenvalue weighted by atomic mass is 79.9. The van der Waals surface area contributed by atoms with Crippen LogP contribution in [0.2, 0.25) is 0 Å². The molecule has 0 aliphatic rings. The summed E-state index contributed by atoms with van der Waals surface area (Å²) < 4.78 is 6.60. The van der Waals surface area contributed by atoms with Crippen LogP contribution in [0.15, 0.2) is 95.5 Å². The number of allylic oxidation sites excluding steroid dienone is 1. The molecule has 28 heavy (non-hydrogen) atoms. The Balaban J connectivity index is 1.51. The van der Waals surface area contributed by atoms with Crippen molar-refractivity contribution in [2.45, 2.75) is 6.61 Å². The van der Waals surface area contributed by atoms with Crippen LogP contribution in [0, 0.1) is 0 Å². The summed E-state index contributed by atoms with van der Waals surface area (Å²) in [7, 11) is 0. The van der Waals surface area contributed by atoms with E-state index in [1.54, 1.807) is 48.5 Å². The lowest BCUT2D eigenvalue weighted by Crippen LogP contribution is -2.08. The Kier molecular flexibility index (Phi) is 6.76. The van der Waals surface area contributed by atoms with E-state index in [9.17, 15) is 9.59 Å². The van der Waals surface area contributed by atoms with Crippen LogP contribution < -0.4 is 10.1 Å². The summed E-state index contributed by atoms with van der Waals surface area (Å²) >= 11 is 3.32. The van der Waals surface area contributed by atoms with Crippen LogP contribution in [0.25, 0.3) is 0 Å². The summed E-state index contributed by atoms with van der Waals surface area (Å²) in [5, 5.41) is 2.72. The van der Waals surface area contributed by atoms with Crippen molar-refractivity contribution in [3.05, 3.63) is 107 Å². The van der Waals surface area contributed by atoms with Crippen molar-refractivity contribution in [1.29, 1.82) is 0 Å². The van der Waals surface area contributed by atoms with Crippen molar-refractivity contribution in [2.24, 2.45) is 0 Å². The summed E-state index contributed by atoms with van der Waals surface area (Å²) in [4.78, 5) is 24.1. The molecule has 140 valence electrons. The number of carbonyl (C=O) groups is 2. The molecule has 3 aromatic carbocycles. The van der Waals surface area contributed by atoms with Crippen LogP contribution in [0.5, 0.6) is 5.75 Å². The molecule has 3 aromatic rings. The minimum atomic E-state index is -0.372. The lowest BCUT2D eigenvalue weighted by Gasteiger charge is -2.07. The highest BCUT2D eigenvalue weighted by Crippen LogP contribution is 2.17. The van der Waals surface area contributed by atoms with Crippen LogP contribution in [-0.4, -0.2) is 11.7 Å². The van der Waals surface area contributed by atoms with Gasteiger partial charge < -0.3 is 10.1 Å². The molecule has 0 aliphatic heterocycles. The van der Waals surface area contributed by atoms with Gasteiger partial charge in [-0.3, -0.25) is 9.59 Å². The van der Waals surface area contributed by atoms with Gasteiger partial charge in [0.05, 0.1) is 0 Å². The Labute approximate surface area is 172 Å². The minimum absolute atomic E-state index is 0.229. The van der Waals surface area contributed by atoms with Crippen LogP contribution in [0.3, 0.4) is 0 Å². The molecule has 3 rings (SSSR count). The molecule has 0 spiro atoms. The maximum absolute atomic E-state index is 12.0. The molecule has 4 nitrogen and oxygen atoms in total. The number of anilines is 1. The molecule has 0 saturated heterocycles. The van der Waals surface area contributed by atoms with E-state index in [-0.39, 0.29) is 11.7 Å². The number of ketones is 1. The third-order valence-electron chi connectivity index (χ3n) is 3.89. The van der Waals surface area contributed by atoms with Crippen molar-refractivity contribution >= 4 is 33.3 Å². The Morgan fingerprint density at radius 1 is 0.857 bits per heavy atom. The van der Waals surface area contributed by atoms with Crippen molar-refractivity contribution in [3.8, 4) is 5.75 Å². The maximum Gasteiger partial charge on any atom is 0.248 e. The molecule has 0 saturated carbocycles. The molecule has 1 N–H and O–H groups in total. The average Bonchev–Trinajstić information content (AvgIpc) is 2.73. The number of hydrogen-bond donors (Lipinski definition) is 1. The van der Waals surface area contributed by atoms with Crippen molar-refractivity contribution < 1.29 is 14.3 Å². The van der Waals surface area contributed by atoms with Crippen molar-refractivity contribution in [3.63, 3.8) is 0 Å². The molecule has 0 radical (unpaired) electrons. The van der Waals surface area contributed by atoms with E-state index in [4.69, 9.17) is 4.74 Å². The summed E-state index contributed by atoms with van der Waals surface area (Å²) in [6.07, 6.45) is 2.49. The quantitative estimate of drug-likeness (QED) is 0.398. The number of hydrogen-bond acceptors (Lipinski definition) is 3. The predicted molar refractivity (Wildman–Crippen MR) is 113 cm³/mol. The predicted octanol–water partition coefficient (Wildman–Crippen LogP) is 5.41. The monoisotopic (exact) mass is 435 g/mol.